The third-order valence-electron chi connectivity index (χ3n) is 4.86. The summed E-state index contributed by atoms with van der Waals surface area (Å²) in [6.07, 6.45) is 6.76. The molecular formula is C17H23N5O3S2. The predicted octanol–water partition coefficient (Wildman–Crippen LogP) is 2.39. The minimum Gasteiger partial charge on any atom is -0.414 e. The van der Waals surface area contributed by atoms with Crippen LogP contribution < -0.4 is 0 Å². The van der Waals surface area contributed by atoms with E-state index in [1.807, 2.05) is 0 Å². The van der Waals surface area contributed by atoms with Gasteiger partial charge in [0.1, 0.15) is 9.92 Å². The van der Waals surface area contributed by atoms with Crippen LogP contribution in [0.15, 0.2) is 37.9 Å². The van der Waals surface area contributed by atoms with Crippen LogP contribution in [0.1, 0.15) is 38.0 Å². The van der Waals surface area contributed by atoms with Gasteiger partial charge in [0.15, 0.2) is 0 Å². The molecular weight excluding hydrogens is 386 g/mol. The van der Waals surface area contributed by atoms with Gasteiger partial charge in [0, 0.05) is 19.3 Å². The average Bonchev–Trinajstić information content (AvgIpc) is 3.36. The van der Waals surface area contributed by atoms with Gasteiger partial charge >= 0.3 is 0 Å². The second kappa shape index (κ2) is 8.26. The van der Waals surface area contributed by atoms with Crippen LogP contribution in [-0.4, -0.2) is 59.0 Å². The lowest BCUT2D eigenvalue weighted by atomic mass is 10.2. The Labute approximate surface area is 163 Å². The number of hydrogen-bond donors (Lipinski definition) is 0. The molecule has 0 saturated carbocycles. The lowest BCUT2D eigenvalue weighted by Crippen LogP contribution is -2.35. The Morgan fingerprint density at radius 2 is 1.74 bits per heavy atom. The van der Waals surface area contributed by atoms with E-state index in [4.69, 9.17) is 4.42 Å². The van der Waals surface area contributed by atoms with Crippen LogP contribution in [0, 0.1) is 0 Å². The minimum absolute atomic E-state index is 0.231. The predicted molar refractivity (Wildman–Crippen MR) is 99.8 cm³/mol. The number of hydrogen-bond acceptors (Lipinski definition) is 8. The SMILES string of the molecule is O=S(=O)(c1ccc(Sc2nnc(CN3CCCC3)o2)nc1)N1CCCCC1. The van der Waals surface area contributed by atoms with Crippen LogP contribution in [0.2, 0.25) is 0 Å². The third kappa shape index (κ3) is 4.50. The highest BCUT2D eigenvalue weighted by Crippen LogP contribution is 2.27. The molecule has 0 bridgehead atoms. The molecule has 0 atom stereocenters. The summed E-state index contributed by atoms with van der Waals surface area (Å²) in [7, 11) is -3.46. The lowest BCUT2D eigenvalue weighted by Gasteiger charge is -2.25. The Hall–Kier alpha value is -1.49. The average molecular weight is 410 g/mol. The van der Waals surface area contributed by atoms with Gasteiger partial charge in [-0.2, -0.15) is 4.31 Å². The van der Waals surface area contributed by atoms with E-state index < -0.39 is 10.0 Å². The molecule has 2 aromatic rings. The summed E-state index contributed by atoms with van der Waals surface area (Å²) in [6.45, 7) is 3.98. The number of piperidine rings is 1. The van der Waals surface area contributed by atoms with E-state index in [0.717, 1.165) is 32.4 Å². The molecule has 2 fully saturated rings. The van der Waals surface area contributed by atoms with E-state index >= 15 is 0 Å². The smallest absolute Gasteiger partial charge is 0.282 e. The summed E-state index contributed by atoms with van der Waals surface area (Å²) >= 11 is 1.24. The largest absolute Gasteiger partial charge is 0.414 e. The number of nitrogens with zero attached hydrogens (tertiary/aromatic N) is 5. The van der Waals surface area contributed by atoms with E-state index in [1.54, 1.807) is 16.4 Å². The van der Waals surface area contributed by atoms with Crippen molar-refractivity contribution in [1.82, 2.24) is 24.4 Å². The quantitative estimate of drug-likeness (QED) is 0.718. The standard InChI is InChI=1S/C17H23N5O3S2/c23-27(24,22-10-2-1-3-11-22)14-6-7-16(18-12-14)26-17-20-19-15(25-17)13-21-8-4-5-9-21/h6-7,12H,1-5,8-11,13H2. The second-order valence-electron chi connectivity index (χ2n) is 6.84. The normalized spacial score (nSPS) is 19.6. The number of likely N-dealkylation sites (tertiary alicyclic amines) is 1. The van der Waals surface area contributed by atoms with E-state index in [2.05, 4.69) is 20.1 Å². The maximum Gasteiger partial charge on any atom is 0.282 e. The highest BCUT2D eigenvalue weighted by molar-refractivity contribution is 7.99. The van der Waals surface area contributed by atoms with Gasteiger partial charge in [-0.15, -0.1) is 10.2 Å². The Balaban J connectivity index is 1.39. The van der Waals surface area contributed by atoms with E-state index in [0.29, 0.717) is 35.8 Å². The zero-order valence-corrected chi connectivity index (χ0v) is 16.7. The van der Waals surface area contributed by atoms with E-state index in [9.17, 15) is 8.42 Å². The molecule has 2 aromatic heterocycles. The molecule has 0 radical (unpaired) electrons. The fourth-order valence-corrected chi connectivity index (χ4v) is 5.50. The fourth-order valence-electron chi connectivity index (χ4n) is 3.40. The van der Waals surface area contributed by atoms with Crippen molar-refractivity contribution in [2.24, 2.45) is 0 Å². The second-order valence-corrected chi connectivity index (χ2v) is 9.75. The topological polar surface area (TPSA) is 92.4 Å². The van der Waals surface area contributed by atoms with Gasteiger partial charge in [0.05, 0.1) is 6.54 Å². The Morgan fingerprint density at radius 1 is 1.00 bits per heavy atom. The van der Waals surface area contributed by atoms with Crippen LogP contribution in [-0.2, 0) is 16.6 Å². The number of rotatable bonds is 6. The van der Waals surface area contributed by atoms with Crippen molar-refractivity contribution in [3.63, 3.8) is 0 Å². The van der Waals surface area contributed by atoms with Crippen molar-refractivity contribution in [3.05, 3.63) is 24.2 Å². The first kappa shape index (κ1) is 18.9. The number of sulfonamides is 1. The van der Waals surface area contributed by atoms with Gasteiger partial charge in [-0.1, -0.05) is 6.42 Å². The van der Waals surface area contributed by atoms with E-state index in [1.165, 1.54) is 30.8 Å². The Kier molecular flexibility index (Phi) is 5.76. The zero-order valence-electron chi connectivity index (χ0n) is 15.1. The fraction of sp³-hybridized carbons (Fsp3) is 0.588. The molecule has 2 saturated heterocycles. The van der Waals surface area contributed by atoms with Crippen molar-refractivity contribution in [1.29, 1.82) is 0 Å². The molecule has 0 N–H and O–H groups in total. The summed E-state index contributed by atoms with van der Waals surface area (Å²) < 4.78 is 32.5. The third-order valence-corrected chi connectivity index (χ3v) is 7.53. The Bertz CT molecular complexity index is 857. The van der Waals surface area contributed by atoms with Crippen molar-refractivity contribution >= 4 is 21.8 Å². The molecule has 0 amide bonds. The van der Waals surface area contributed by atoms with Crippen LogP contribution in [0.5, 0.6) is 0 Å². The minimum atomic E-state index is -3.46. The molecule has 4 rings (SSSR count). The van der Waals surface area contributed by atoms with Crippen molar-refractivity contribution in [3.8, 4) is 0 Å². The van der Waals surface area contributed by atoms with Gasteiger partial charge in [-0.05, 0) is 62.7 Å². The Morgan fingerprint density at radius 3 is 2.44 bits per heavy atom. The van der Waals surface area contributed by atoms with Crippen LogP contribution in [0.25, 0.3) is 0 Å². The highest BCUT2D eigenvalue weighted by atomic mass is 32.2. The molecule has 0 unspecified atom stereocenters. The first-order valence-corrected chi connectivity index (χ1v) is 11.6. The first-order valence-electron chi connectivity index (χ1n) is 9.30. The van der Waals surface area contributed by atoms with Gasteiger partial charge in [-0.25, -0.2) is 13.4 Å². The summed E-state index contributed by atoms with van der Waals surface area (Å²) in [5, 5.41) is 9.18. The molecule has 146 valence electrons. The van der Waals surface area contributed by atoms with Crippen molar-refractivity contribution in [2.75, 3.05) is 26.2 Å². The number of pyridine rings is 1. The lowest BCUT2D eigenvalue weighted by molar-refractivity contribution is 0.278. The van der Waals surface area contributed by atoms with Crippen molar-refractivity contribution in [2.45, 2.75) is 53.8 Å². The van der Waals surface area contributed by atoms with Crippen LogP contribution in [0.3, 0.4) is 0 Å². The van der Waals surface area contributed by atoms with Gasteiger partial charge in [0.25, 0.3) is 5.22 Å². The zero-order chi connectivity index (χ0) is 18.7. The summed E-state index contributed by atoms with van der Waals surface area (Å²) in [5.74, 6) is 0.601. The maximum absolute atomic E-state index is 12.7. The maximum atomic E-state index is 12.7. The summed E-state index contributed by atoms with van der Waals surface area (Å²) in [4.78, 5) is 6.79. The summed E-state index contributed by atoms with van der Waals surface area (Å²) in [5.41, 5.74) is 0. The monoisotopic (exact) mass is 409 g/mol. The van der Waals surface area contributed by atoms with Gasteiger partial charge < -0.3 is 4.42 Å². The van der Waals surface area contributed by atoms with Gasteiger partial charge in [0.2, 0.25) is 15.9 Å². The van der Waals surface area contributed by atoms with Crippen LogP contribution >= 0.6 is 11.8 Å². The molecule has 4 heterocycles. The molecule has 0 spiro atoms. The molecule has 2 aliphatic heterocycles. The first-order chi connectivity index (χ1) is 13.1. The highest BCUT2D eigenvalue weighted by Gasteiger charge is 2.26. The molecule has 27 heavy (non-hydrogen) atoms. The molecule has 0 aliphatic carbocycles. The molecule has 10 heteroatoms. The van der Waals surface area contributed by atoms with Crippen molar-refractivity contribution < 1.29 is 12.8 Å². The van der Waals surface area contributed by atoms with Gasteiger partial charge in [-0.3, -0.25) is 4.90 Å². The molecule has 0 aromatic carbocycles. The molecule has 2 aliphatic rings. The summed E-state index contributed by atoms with van der Waals surface area (Å²) in [6, 6.07) is 3.28. The van der Waals surface area contributed by atoms with E-state index in [-0.39, 0.29) is 4.90 Å². The molecule has 8 nitrogen and oxygen atoms in total. The van der Waals surface area contributed by atoms with Crippen LogP contribution in [0.4, 0.5) is 0 Å². The number of aromatic nitrogens is 3.